The molecular formula is C14H10Cl4O2. The van der Waals surface area contributed by atoms with Crippen LogP contribution in [0.25, 0.3) is 0 Å². The topological polar surface area (TPSA) is 29.5 Å². The number of methoxy groups -OCH3 is 1. The lowest BCUT2D eigenvalue weighted by Gasteiger charge is -2.17. The van der Waals surface area contributed by atoms with Crippen molar-refractivity contribution in [2.45, 2.75) is 6.10 Å². The average Bonchev–Trinajstić information content (AvgIpc) is 2.37. The van der Waals surface area contributed by atoms with Crippen LogP contribution in [0.4, 0.5) is 0 Å². The second kappa shape index (κ2) is 6.42. The largest absolute Gasteiger partial charge is 0.497 e. The van der Waals surface area contributed by atoms with Gasteiger partial charge in [0, 0.05) is 21.2 Å². The van der Waals surface area contributed by atoms with Crippen LogP contribution in [0.1, 0.15) is 17.2 Å². The van der Waals surface area contributed by atoms with Crippen LogP contribution in [0.3, 0.4) is 0 Å². The zero-order chi connectivity index (χ0) is 14.9. The van der Waals surface area contributed by atoms with Gasteiger partial charge in [-0.05, 0) is 24.3 Å². The molecule has 1 N–H and O–H groups in total. The van der Waals surface area contributed by atoms with Gasteiger partial charge >= 0.3 is 0 Å². The summed E-state index contributed by atoms with van der Waals surface area (Å²) in [5, 5.41) is 11.9. The maximum Gasteiger partial charge on any atom is 0.121 e. The van der Waals surface area contributed by atoms with E-state index >= 15 is 0 Å². The molecule has 0 spiro atoms. The van der Waals surface area contributed by atoms with Crippen LogP contribution in [0.15, 0.2) is 30.3 Å². The lowest BCUT2D eigenvalue weighted by molar-refractivity contribution is 0.220. The normalized spacial score (nSPS) is 12.3. The summed E-state index contributed by atoms with van der Waals surface area (Å²) in [7, 11) is 1.51. The lowest BCUT2D eigenvalue weighted by atomic mass is 10.0. The van der Waals surface area contributed by atoms with Gasteiger partial charge in [-0.25, -0.2) is 0 Å². The van der Waals surface area contributed by atoms with Gasteiger partial charge in [-0.3, -0.25) is 0 Å². The number of ether oxygens (including phenoxy) is 1. The van der Waals surface area contributed by atoms with Gasteiger partial charge in [0.1, 0.15) is 11.9 Å². The number of aliphatic hydroxyl groups excluding tert-OH is 1. The van der Waals surface area contributed by atoms with Crippen molar-refractivity contribution in [3.05, 3.63) is 61.5 Å². The van der Waals surface area contributed by atoms with Crippen LogP contribution in [-0.4, -0.2) is 12.2 Å². The van der Waals surface area contributed by atoms with Gasteiger partial charge in [-0.15, -0.1) is 0 Å². The molecule has 1 atom stereocenters. The first-order chi connectivity index (χ1) is 9.43. The van der Waals surface area contributed by atoms with E-state index in [0.29, 0.717) is 37.0 Å². The molecule has 0 unspecified atom stereocenters. The Labute approximate surface area is 136 Å². The molecule has 2 rings (SSSR count). The van der Waals surface area contributed by atoms with Gasteiger partial charge in [0.15, 0.2) is 0 Å². The first kappa shape index (κ1) is 15.7. The van der Waals surface area contributed by atoms with E-state index in [2.05, 4.69) is 0 Å². The van der Waals surface area contributed by atoms with Crippen LogP contribution >= 0.6 is 46.4 Å². The molecule has 0 aliphatic carbocycles. The van der Waals surface area contributed by atoms with Crippen LogP contribution in [0.2, 0.25) is 20.1 Å². The number of hydrogen-bond donors (Lipinski definition) is 1. The second-order valence-electron chi connectivity index (χ2n) is 4.07. The van der Waals surface area contributed by atoms with Crippen molar-refractivity contribution in [1.82, 2.24) is 0 Å². The maximum absolute atomic E-state index is 10.5. The molecular weight excluding hydrogens is 342 g/mol. The summed E-state index contributed by atoms with van der Waals surface area (Å²) < 4.78 is 5.06. The first-order valence-corrected chi connectivity index (χ1v) is 7.11. The lowest BCUT2D eigenvalue weighted by Crippen LogP contribution is -2.03. The molecule has 0 aliphatic rings. The highest BCUT2D eigenvalue weighted by atomic mass is 35.5. The zero-order valence-corrected chi connectivity index (χ0v) is 13.4. The van der Waals surface area contributed by atoms with E-state index in [-0.39, 0.29) is 0 Å². The third kappa shape index (κ3) is 3.16. The van der Waals surface area contributed by atoms with Crippen molar-refractivity contribution >= 4 is 46.4 Å². The van der Waals surface area contributed by atoms with E-state index in [4.69, 9.17) is 51.1 Å². The number of aliphatic hydroxyl groups is 1. The molecule has 0 amide bonds. The third-order valence-electron chi connectivity index (χ3n) is 2.82. The van der Waals surface area contributed by atoms with E-state index < -0.39 is 6.10 Å². The monoisotopic (exact) mass is 350 g/mol. The van der Waals surface area contributed by atoms with Crippen molar-refractivity contribution in [3.8, 4) is 5.75 Å². The third-order valence-corrected chi connectivity index (χ3v) is 4.01. The smallest absolute Gasteiger partial charge is 0.121 e. The standard InChI is InChI=1S/C14H10Cl4O2/c1-20-8-5-11(17)13(12(18)6-8)14(19)9-3-2-7(15)4-10(9)16/h2-6,14,19H,1H3/t14-/m1/s1. The molecule has 0 aromatic heterocycles. The Bertz CT molecular complexity index is 620. The molecule has 6 heteroatoms. The van der Waals surface area contributed by atoms with Crippen molar-refractivity contribution in [2.75, 3.05) is 7.11 Å². The minimum atomic E-state index is -1.05. The Kier molecular flexibility index (Phi) is 5.05. The molecule has 20 heavy (non-hydrogen) atoms. The highest BCUT2D eigenvalue weighted by Gasteiger charge is 2.21. The molecule has 0 heterocycles. The molecule has 2 aromatic rings. The molecule has 0 radical (unpaired) electrons. The van der Waals surface area contributed by atoms with Crippen LogP contribution < -0.4 is 4.74 Å². The Morgan fingerprint density at radius 1 is 0.950 bits per heavy atom. The summed E-state index contributed by atoms with van der Waals surface area (Å²) in [5.41, 5.74) is 0.850. The van der Waals surface area contributed by atoms with E-state index in [9.17, 15) is 5.11 Å². The summed E-state index contributed by atoms with van der Waals surface area (Å²) in [6, 6.07) is 7.97. The number of halogens is 4. The fourth-order valence-corrected chi connectivity index (χ4v) is 3.00. The zero-order valence-electron chi connectivity index (χ0n) is 10.3. The van der Waals surface area contributed by atoms with Crippen LogP contribution in [0.5, 0.6) is 5.75 Å². The Hall–Kier alpha value is -0.640. The highest BCUT2D eigenvalue weighted by Crippen LogP contribution is 2.39. The molecule has 0 aliphatic heterocycles. The fraction of sp³-hybridized carbons (Fsp3) is 0.143. The maximum atomic E-state index is 10.5. The minimum Gasteiger partial charge on any atom is -0.497 e. The SMILES string of the molecule is COc1cc(Cl)c([C@H](O)c2ccc(Cl)cc2Cl)c(Cl)c1. The van der Waals surface area contributed by atoms with Gasteiger partial charge in [0.05, 0.1) is 17.2 Å². The van der Waals surface area contributed by atoms with Gasteiger partial charge in [-0.1, -0.05) is 52.5 Å². The van der Waals surface area contributed by atoms with Crippen LogP contribution in [0, 0.1) is 0 Å². The van der Waals surface area contributed by atoms with E-state index in [1.165, 1.54) is 7.11 Å². The molecule has 106 valence electrons. The van der Waals surface area contributed by atoms with Gasteiger partial charge in [0.25, 0.3) is 0 Å². The second-order valence-corrected chi connectivity index (χ2v) is 5.73. The average molecular weight is 352 g/mol. The van der Waals surface area contributed by atoms with Crippen molar-refractivity contribution in [2.24, 2.45) is 0 Å². The Morgan fingerprint density at radius 2 is 1.55 bits per heavy atom. The van der Waals surface area contributed by atoms with E-state index in [1.54, 1.807) is 30.3 Å². The predicted octanol–water partition coefficient (Wildman–Crippen LogP) is 5.39. The van der Waals surface area contributed by atoms with Gasteiger partial charge in [0.2, 0.25) is 0 Å². The summed E-state index contributed by atoms with van der Waals surface area (Å²) in [6.45, 7) is 0. The molecule has 2 aromatic carbocycles. The summed E-state index contributed by atoms with van der Waals surface area (Å²) in [4.78, 5) is 0. The minimum absolute atomic E-state index is 0.299. The van der Waals surface area contributed by atoms with Crippen molar-refractivity contribution in [1.29, 1.82) is 0 Å². The summed E-state index contributed by atoms with van der Waals surface area (Å²) in [5.74, 6) is 0.512. The van der Waals surface area contributed by atoms with Gasteiger partial charge in [-0.2, -0.15) is 0 Å². The summed E-state index contributed by atoms with van der Waals surface area (Å²) in [6.07, 6.45) is -1.05. The number of rotatable bonds is 3. The number of benzene rings is 2. The first-order valence-electron chi connectivity index (χ1n) is 5.60. The fourth-order valence-electron chi connectivity index (χ4n) is 1.82. The predicted molar refractivity (Wildman–Crippen MR) is 83.5 cm³/mol. The summed E-state index contributed by atoms with van der Waals surface area (Å²) >= 11 is 24.2. The molecule has 2 nitrogen and oxygen atoms in total. The Morgan fingerprint density at radius 3 is 2.05 bits per heavy atom. The highest BCUT2D eigenvalue weighted by molar-refractivity contribution is 6.37. The van der Waals surface area contributed by atoms with E-state index in [0.717, 1.165) is 0 Å². The molecule has 0 bridgehead atoms. The van der Waals surface area contributed by atoms with Crippen LogP contribution in [-0.2, 0) is 0 Å². The van der Waals surface area contributed by atoms with Crippen molar-refractivity contribution < 1.29 is 9.84 Å². The molecule has 0 fully saturated rings. The molecule has 0 saturated heterocycles. The van der Waals surface area contributed by atoms with Crippen molar-refractivity contribution in [3.63, 3.8) is 0 Å². The molecule has 0 saturated carbocycles. The quantitative estimate of drug-likeness (QED) is 0.803. The van der Waals surface area contributed by atoms with E-state index in [1.807, 2.05) is 0 Å². The van der Waals surface area contributed by atoms with Gasteiger partial charge < -0.3 is 9.84 Å². The Balaban J connectivity index is 2.50. The number of hydrogen-bond acceptors (Lipinski definition) is 2.